The molecule has 0 aromatic rings. The highest BCUT2D eigenvalue weighted by Gasteiger charge is 2.35. The van der Waals surface area contributed by atoms with Crippen LogP contribution in [-0.4, -0.2) is 49.1 Å². The highest BCUT2D eigenvalue weighted by molar-refractivity contribution is 5.86. The number of amides is 2. The van der Waals surface area contributed by atoms with Crippen LogP contribution in [0.1, 0.15) is 26.7 Å². The van der Waals surface area contributed by atoms with Crippen molar-refractivity contribution < 1.29 is 14.3 Å². The summed E-state index contributed by atoms with van der Waals surface area (Å²) in [6, 6.07) is 0. The van der Waals surface area contributed by atoms with Gasteiger partial charge in [-0.3, -0.25) is 9.59 Å². The van der Waals surface area contributed by atoms with E-state index >= 15 is 0 Å². The van der Waals surface area contributed by atoms with Gasteiger partial charge >= 0.3 is 0 Å². The zero-order valence-electron chi connectivity index (χ0n) is 10.2. The molecule has 1 aliphatic rings. The smallest absolute Gasteiger partial charge is 0.254 e. The number of nitrogens with zero attached hydrogens (tertiary/aromatic N) is 1. The van der Waals surface area contributed by atoms with E-state index in [1.165, 1.54) is 0 Å². The number of carbonyl (C=O) groups is 2. The molecule has 1 heterocycles. The van der Waals surface area contributed by atoms with Crippen LogP contribution < -0.4 is 5.32 Å². The summed E-state index contributed by atoms with van der Waals surface area (Å²) in [4.78, 5) is 25.1. The Hall–Kier alpha value is -1.10. The average Bonchev–Trinajstić information content (AvgIpc) is 2.52. The van der Waals surface area contributed by atoms with E-state index in [2.05, 4.69) is 5.32 Å². The van der Waals surface area contributed by atoms with Crippen molar-refractivity contribution in [3.8, 4) is 0 Å². The summed E-state index contributed by atoms with van der Waals surface area (Å²) in [5.41, 5.74) is -0.770. The lowest BCUT2D eigenvalue weighted by Crippen LogP contribution is -2.49. The van der Waals surface area contributed by atoms with Crippen LogP contribution in [0.3, 0.4) is 0 Å². The standard InChI is InChI=1S/C11H20N2O3/c1-4-11(2,16-3)10(15)13-7-5-9(14)12-6-8-13/h4-8H2,1-3H3,(H,12,14). The Kier molecular flexibility index (Phi) is 4.29. The lowest BCUT2D eigenvalue weighted by Gasteiger charge is -2.31. The highest BCUT2D eigenvalue weighted by Crippen LogP contribution is 2.18. The van der Waals surface area contributed by atoms with E-state index in [0.29, 0.717) is 32.5 Å². The Morgan fingerprint density at radius 1 is 1.56 bits per heavy atom. The molecule has 92 valence electrons. The minimum atomic E-state index is -0.770. The Morgan fingerprint density at radius 2 is 2.25 bits per heavy atom. The van der Waals surface area contributed by atoms with Gasteiger partial charge in [0.15, 0.2) is 0 Å². The van der Waals surface area contributed by atoms with Gasteiger partial charge in [-0.2, -0.15) is 0 Å². The number of methoxy groups -OCH3 is 1. The molecule has 1 N–H and O–H groups in total. The molecule has 0 saturated carbocycles. The summed E-state index contributed by atoms with van der Waals surface area (Å²) in [6.07, 6.45) is 0.995. The van der Waals surface area contributed by atoms with Crippen molar-refractivity contribution in [2.75, 3.05) is 26.7 Å². The normalized spacial score (nSPS) is 20.9. The number of nitrogens with one attached hydrogen (secondary N) is 1. The van der Waals surface area contributed by atoms with Crippen LogP contribution >= 0.6 is 0 Å². The van der Waals surface area contributed by atoms with Crippen LogP contribution in [0, 0.1) is 0 Å². The van der Waals surface area contributed by atoms with Gasteiger partial charge in [0.1, 0.15) is 5.60 Å². The molecule has 1 atom stereocenters. The molecule has 16 heavy (non-hydrogen) atoms. The van der Waals surface area contributed by atoms with Crippen LogP contribution in [0.25, 0.3) is 0 Å². The number of ether oxygens (including phenoxy) is 1. The maximum atomic E-state index is 12.2. The van der Waals surface area contributed by atoms with Gasteiger partial charge in [-0.05, 0) is 13.3 Å². The molecule has 2 amide bonds. The molecule has 1 unspecified atom stereocenters. The van der Waals surface area contributed by atoms with Gasteiger partial charge in [0, 0.05) is 33.2 Å². The van der Waals surface area contributed by atoms with Gasteiger partial charge < -0.3 is 15.0 Å². The second-order valence-corrected chi connectivity index (χ2v) is 4.18. The van der Waals surface area contributed by atoms with Gasteiger partial charge in [0.25, 0.3) is 5.91 Å². The minimum absolute atomic E-state index is 0.00548. The van der Waals surface area contributed by atoms with Gasteiger partial charge in [-0.1, -0.05) is 6.92 Å². The number of rotatable bonds is 3. The fraction of sp³-hybridized carbons (Fsp3) is 0.818. The molecule has 5 heteroatoms. The lowest BCUT2D eigenvalue weighted by atomic mass is 10.0. The fourth-order valence-corrected chi connectivity index (χ4v) is 1.69. The number of carbonyl (C=O) groups excluding carboxylic acids is 2. The zero-order valence-corrected chi connectivity index (χ0v) is 10.2. The van der Waals surface area contributed by atoms with Crippen molar-refractivity contribution >= 4 is 11.8 Å². The molecule has 0 aromatic heterocycles. The van der Waals surface area contributed by atoms with E-state index in [4.69, 9.17) is 4.74 Å². The quantitative estimate of drug-likeness (QED) is 0.748. The predicted molar refractivity (Wildman–Crippen MR) is 59.9 cm³/mol. The molecule has 0 radical (unpaired) electrons. The van der Waals surface area contributed by atoms with E-state index in [1.54, 1.807) is 18.9 Å². The molecular formula is C11H20N2O3. The summed E-state index contributed by atoms with van der Waals surface area (Å²) in [7, 11) is 1.54. The Morgan fingerprint density at radius 3 is 2.81 bits per heavy atom. The highest BCUT2D eigenvalue weighted by atomic mass is 16.5. The van der Waals surface area contributed by atoms with Crippen molar-refractivity contribution in [3.05, 3.63) is 0 Å². The van der Waals surface area contributed by atoms with E-state index in [9.17, 15) is 9.59 Å². The molecule has 0 bridgehead atoms. The topological polar surface area (TPSA) is 58.6 Å². The first-order chi connectivity index (χ1) is 7.53. The average molecular weight is 228 g/mol. The van der Waals surface area contributed by atoms with Crippen molar-refractivity contribution in [1.29, 1.82) is 0 Å². The third-order valence-electron chi connectivity index (χ3n) is 3.18. The molecular weight excluding hydrogens is 208 g/mol. The summed E-state index contributed by atoms with van der Waals surface area (Å²) in [5, 5.41) is 2.74. The largest absolute Gasteiger partial charge is 0.369 e. The third-order valence-corrected chi connectivity index (χ3v) is 3.18. The van der Waals surface area contributed by atoms with Gasteiger partial charge in [-0.15, -0.1) is 0 Å². The van der Waals surface area contributed by atoms with Crippen molar-refractivity contribution in [2.24, 2.45) is 0 Å². The summed E-state index contributed by atoms with van der Waals surface area (Å²) in [5.74, 6) is -0.0279. The molecule has 1 saturated heterocycles. The zero-order chi connectivity index (χ0) is 12.2. The first-order valence-electron chi connectivity index (χ1n) is 5.64. The Bertz CT molecular complexity index is 274. The van der Waals surface area contributed by atoms with Crippen molar-refractivity contribution in [3.63, 3.8) is 0 Å². The Labute approximate surface area is 96.1 Å². The van der Waals surface area contributed by atoms with E-state index in [0.717, 1.165) is 0 Å². The number of hydrogen-bond donors (Lipinski definition) is 1. The maximum absolute atomic E-state index is 12.2. The molecule has 0 aliphatic carbocycles. The second kappa shape index (κ2) is 5.30. The molecule has 5 nitrogen and oxygen atoms in total. The molecule has 0 aromatic carbocycles. The number of hydrogen-bond acceptors (Lipinski definition) is 3. The maximum Gasteiger partial charge on any atom is 0.254 e. The van der Waals surface area contributed by atoms with Crippen LogP contribution in [0.4, 0.5) is 0 Å². The molecule has 1 aliphatic heterocycles. The fourth-order valence-electron chi connectivity index (χ4n) is 1.69. The monoisotopic (exact) mass is 228 g/mol. The SMILES string of the molecule is CCC(C)(OC)C(=O)N1CCNC(=O)CC1. The van der Waals surface area contributed by atoms with Crippen LogP contribution in [0.15, 0.2) is 0 Å². The summed E-state index contributed by atoms with van der Waals surface area (Å²) < 4.78 is 5.27. The molecule has 1 rings (SSSR count). The summed E-state index contributed by atoms with van der Waals surface area (Å²) in [6.45, 7) is 5.26. The minimum Gasteiger partial charge on any atom is -0.369 e. The van der Waals surface area contributed by atoms with Gasteiger partial charge in [0.05, 0.1) is 0 Å². The molecule has 0 spiro atoms. The predicted octanol–water partition coefficient (Wildman–Crippen LogP) is 0.150. The third kappa shape index (κ3) is 2.72. The van der Waals surface area contributed by atoms with Gasteiger partial charge in [-0.25, -0.2) is 0 Å². The lowest BCUT2D eigenvalue weighted by molar-refractivity contribution is -0.153. The first kappa shape index (κ1) is 13.0. The van der Waals surface area contributed by atoms with Crippen LogP contribution in [0.2, 0.25) is 0 Å². The van der Waals surface area contributed by atoms with Crippen molar-refractivity contribution in [2.45, 2.75) is 32.3 Å². The first-order valence-corrected chi connectivity index (χ1v) is 5.64. The van der Waals surface area contributed by atoms with Crippen LogP contribution in [-0.2, 0) is 14.3 Å². The summed E-state index contributed by atoms with van der Waals surface area (Å²) >= 11 is 0. The molecule has 1 fully saturated rings. The van der Waals surface area contributed by atoms with Crippen LogP contribution in [0.5, 0.6) is 0 Å². The van der Waals surface area contributed by atoms with Crippen molar-refractivity contribution in [1.82, 2.24) is 10.2 Å². The van der Waals surface area contributed by atoms with Gasteiger partial charge in [0.2, 0.25) is 5.91 Å². The Balaban J connectivity index is 2.69. The van der Waals surface area contributed by atoms with E-state index in [-0.39, 0.29) is 11.8 Å². The second-order valence-electron chi connectivity index (χ2n) is 4.18. The van der Waals surface area contributed by atoms with E-state index in [1.807, 2.05) is 6.92 Å². The van der Waals surface area contributed by atoms with E-state index < -0.39 is 5.60 Å².